The van der Waals surface area contributed by atoms with Crippen LogP contribution in [0.1, 0.15) is 17.5 Å². The summed E-state index contributed by atoms with van der Waals surface area (Å²) in [5.41, 5.74) is 0.460. The number of benzene rings is 1. The molecule has 0 aliphatic carbocycles. The van der Waals surface area contributed by atoms with Gasteiger partial charge in [-0.15, -0.1) is 10.2 Å². The SMILES string of the molecule is CCN(C(=O)c1nn[nH]n1)c1cccc(F)c1. The summed E-state index contributed by atoms with van der Waals surface area (Å²) >= 11 is 0. The van der Waals surface area contributed by atoms with Crippen LogP contribution in [0.5, 0.6) is 0 Å². The van der Waals surface area contributed by atoms with Gasteiger partial charge in [0.1, 0.15) is 5.82 Å². The van der Waals surface area contributed by atoms with Gasteiger partial charge in [0.25, 0.3) is 11.7 Å². The number of nitrogens with zero attached hydrogens (tertiary/aromatic N) is 4. The fraction of sp³-hybridized carbons (Fsp3) is 0.200. The highest BCUT2D eigenvalue weighted by Gasteiger charge is 2.20. The zero-order chi connectivity index (χ0) is 12.3. The Morgan fingerprint density at radius 3 is 2.94 bits per heavy atom. The van der Waals surface area contributed by atoms with Crippen LogP contribution < -0.4 is 4.90 Å². The minimum Gasteiger partial charge on any atom is -0.306 e. The van der Waals surface area contributed by atoms with Crippen LogP contribution >= 0.6 is 0 Å². The molecule has 6 nitrogen and oxygen atoms in total. The number of halogens is 1. The van der Waals surface area contributed by atoms with Crippen molar-refractivity contribution in [3.63, 3.8) is 0 Å². The first-order valence-corrected chi connectivity index (χ1v) is 5.03. The largest absolute Gasteiger partial charge is 0.306 e. The van der Waals surface area contributed by atoms with E-state index in [9.17, 15) is 9.18 Å². The number of H-pyrrole nitrogens is 1. The third-order valence-electron chi connectivity index (χ3n) is 2.22. The highest BCUT2D eigenvalue weighted by molar-refractivity contribution is 6.03. The molecule has 17 heavy (non-hydrogen) atoms. The number of carbonyl (C=O) groups is 1. The third-order valence-corrected chi connectivity index (χ3v) is 2.22. The molecule has 2 rings (SSSR count). The molecule has 0 saturated carbocycles. The number of carbonyl (C=O) groups excluding carboxylic acids is 1. The Hall–Kier alpha value is -2.31. The molecular weight excluding hydrogens is 225 g/mol. The minimum atomic E-state index is -0.424. The molecule has 0 unspecified atom stereocenters. The summed E-state index contributed by atoms with van der Waals surface area (Å²) in [6.45, 7) is 2.17. The lowest BCUT2D eigenvalue weighted by molar-refractivity contribution is 0.0978. The maximum Gasteiger partial charge on any atom is 0.299 e. The van der Waals surface area contributed by atoms with Gasteiger partial charge in [0, 0.05) is 12.2 Å². The van der Waals surface area contributed by atoms with Crippen molar-refractivity contribution in [1.82, 2.24) is 20.6 Å². The van der Waals surface area contributed by atoms with Crippen molar-refractivity contribution in [2.45, 2.75) is 6.92 Å². The first-order chi connectivity index (χ1) is 8.22. The molecule has 1 amide bonds. The molecule has 0 atom stereocenters. The average Bonchev–Trinajstić information content (AvgIpc) is 2.83. The molecule has 1 heterocycles. The topological polar surface area (TPSA) is 74.8 Å². The average molecular weight is 235 g/mol. The van der Waals surface area contributed by atoms with Crippen LogP contribution in [-0.4, -0.2) is 33.1 Å². The molecule has 1 aromatic heterocycles. The van der Waals surface area contributed by atoms with E-state index in [0.29, 0.717) is 12.2 Å². The van der Waals surface area contributed by atoms with E-state index >= 15 is 0 Å². The molecule has 0 saturated heterocycles. The summed E-state index contributed by atoms with van der Waals surface area (Å²) < 4.78 is 13.1. The lowest BCUT2D eigenvalue weighted by Crippen LogP contribution is -2.31. The molecule has 0 aliphatic rings. The Morgan fingerprint density at radius 2 is 2.35 bits per heavy atom. The molecule has 88 valence electrons. The first-order valence-electron chi connectivity index (χ1n) is 5.03. The van der Waals surface area contributed by atoms with Crippen LogP contribution in [0.25, 0.3) is 0 Å². The minimum absolute atomic E-state index is 0.0453. The Labute approximate surface area is 96.4 Å². The second-order valence-electron chi connectivity index (χ2n) is 3.26. The van der Waals surface area contributed by atoms with Gasteiger partial charge in [0.15, 0.2) is 0 Å². The van der Waals surface area contributed by atoms with Gasteiger partial charge in [-0.05, 0) is 30.3 Å². The lowest BCUT2D eigenvalue weighted by Gasteiger charge is -2.18. The highest BCUT2D eigenvalue weighted by atomic mass is 19.1. The number of aromatic amines is 1. The predicted molar refractivity (Wildman–Crippen MR) is 57.9 cm³/mol. The van der Waals surface area contributed by atoms with E-state index < -0.39 is 11.7 Å². The van der Waals surface area contributed by atoms with Crippen molar-refractivity contribution >= 4 is 11.6 Å². The molecule has 1 N–H and O–H groups in total. The van der Waals surface area contributed by atoms with Crippen molar-refractivity contribution in [2.75, 3.05) is 11.4 Å². The molecule has 0 radical (unpaired) electrons. The van der Waals surface area contributed by atoms with Crippen molar-refractivity contribution in [1.29, 1.82) is 0 Å². The van der Waals surface area contributed by atoms with Crippen molar-refractivity contribution in [2.24, 2.45) is 0 Å². The number of aromatic nitrogens is 4. The molecule has 2 aromatic rings. The summed E-state index contributed by atoms with van der Waals surface area (Å²) in [6.07, 6.45) is 0. The lowest BCUT2D eigenvalue weighted by atomic mass is 10.2. The molecule has 1 aromatic carbocycles. The molecule has 0 aliphatic heterocycles. The summed E-state index contributed by atoms with van der Waals surface area (Å²) in [5.74, 6) is -0.871. The summed E-state index contributed by atoms with van der Waals surface area (Å²) in [7, 11) is 0. The van der Waals surface area contributed by atoms with E-state index in [4.69, 9.17) is 0 Å². The van der Waals surface area contributed by atoms with Gasteiger partial charge in [-0.25, -0.2) is 4.39 Å². The van der Waals surface area contributed by atoms with E-state index in [1.165, 1.54) is 23.1 Å². The fourth-order valence-corrected chi connectivity index (χ4v) is 1.46. The van der Waals surface area contributed by atoms with Gasteiger partial charge < -0.3 is 4.90 Å². The second kappa shape index (κ2) is 4.69. The smallest absolute Gasteiger partial charge is 0.299 e. The molecular formula is C10H10FN5O. The number of amides is 1. The second-order valence-corrected chi connectivity index (χ2v) is 3.26. The van der Waals surface area contributed by atoms with Gasteiger partial charge in [0.05, 0.1) is 0 Å². The standard InChI is InChI=1S/C10H10FN5O/c1-2-16(8-5-3-4-7(11)6-8)10(17)9-12-14-15-13-9/h3-6H,2H2,1H3,(H,12,13,14,15). The number of rotatable bonds is 3. The van der Waals surface area contributed by atoms with Gasteiger partial charge in [-0.1, -0.05) is 6.07 Å². The van der Waals surface area contributed by atoms with E-state index in [1.807, 2.05) is 0 Å². The predicted octanol–water partition coefficient (Wildman–Crippen LogP) is 1.01. The quantitative estimate of drug-likeness (QED) is 0.861. The van der Waals surface area contributed by atoms with Gasteiger partial charge >= 0.3 is 0 Å². The van der Waals surface area contributed by atoms with Gasteiger partial charge in [-0.2, -0.15) is 5.21 Å². The first kappa shape index (κ1) is 11.2. The van der Waals surface area contributed by atoms with Gasteiger partial charge in [0.2, 0.25) is 0 Å². The van der Waals surface area contributed by atoms with Crippen LogP contribution in [0.4, 0.5) is 10.1 Å². The van der Waals surface area contributed by atoms with E-state index in [-0.39, 0.29) is 5.82 Å². The molecule has 7 heteroatoms. The molecule has 0 fully saturated rings. The molecule has 0 spiro atoms. The summed E-state index contributed by atoms with van der Waals surface area (Å²) in [6, 6.07) is 5.78. The van der Waals surface area contributed by atoms with Crippen LogP contribution in [0.3, 0.4) is 0 Å². The third kappa shape index (κ3) is 2.27. The van der Waals surface area contributed by atoms with Crippen LogP contribution in [0.15, 0.2) is 24.3 Å². The zero-order valence-corrected chi connectivity index (χ0v) is 9.09. The van der Waals surface area contributed by atoms with Crippen LogP contribution in [0.2, 0.25) is 0 Å². The Kier molecular flexibility index (Phi) is 3.08. The number of nitrogens with one attached hydrogen (secondary N) is 1. The number of tetrazole rings is 1. The number of anilines is 1. The zero-order valence-electron chi connectivity index (χ0n) is 9.09. The monoisotopic (exact) mass is 235 g/mol. The summed E-state index contributed by atoms with van der Waals surface area (Å²) in [5, 5.41) is 12.7. The van der Waals surface area contributed by atoms with E-state index in [0.717, 1.165) is 0 Å². The van der Waals surface area contributed by atoms with Crippen LogP contribution in [0, 0.1) is 5.82 Å². The van der Waals surface area contributed by atoms with Crippen molar-refractivity contribution < 1.29 is 9.18 Å². The van der Waals surface area contributed by atoms with Crippen molar-refractivity contribution in [3.8, 4) is 0 Å². The Morgan fingerprint density at radius 1 is 1.53 bits per heavy atom. The van der Waals surface area contributed by atoms with Crippen molar-refractivity contribution in [3.05, 3.63) is 35.9 Å². The molecule has 0 bridgehead atoms. The highest BCUT2D eigenvalue weighted by Crippen LogP contribution is 2.16. The Balaban J connectivity index is 2.31. The van der Waals surface area contributed by atoms with E-state index in [1.54, 1.807) is 13.0 Å². The summed E-state index contributed by atoms with van der Waals surface area (Å²) in [4.78, 5) is 13.3. The number of hydrogen-bond donors (Lipinski definition) is 1. The maximum atomic E-state index is 13.1. The Bertz CT molecular complexity index is 513. The number of hydrogen-bond acceptors (Lipinski definition) is 4. The van der Waals surface area contributed by atoms with Crippen LogP contribution in [-0.2, 0) is 0 Å². The van der Waals surface area contributed by atoms with Gasteiger partial charge in [-0.3, -0.25) is 4.79 Å². The fourth-order valence-electron chi connectivity index (χ4n) is 1.46. The maximum absolute atomic E-state index is 13.1. The normalized spacial score (nSPS) is 10.2. The van der Waals surface area contributed by atoms with E-state index in [2.05, 4.69) is 20.6 Å².